The lowest BCUT2D eigenvalue weighted by molar-refractivity contribution is -0.143. The molecular weight excluding hydrogens is 434 g/mol. The summed E-state index contributed by atoms with van der Waals surface area (Å²) < 4.78 is 157. The van der Waals surface area contributed by atoms with Gasteiger partial charge in [-0.3, -0.25) is 0 Å². The van der Waals surface area contributed by atoms with Crippen LogP contribution in [0.15, 0.2) is 24.3 Å². The van der Waals surface area contributed by atoms with Gasteiger partial charge in [0.1, 0.15) is 0 Å². The Bertz CT molecular complexity index is 1010. The fraction of sp³-hybridized carbons (Fsp3) is 0.250. The molecule has 29 heavy (non-hydrogen) atoms. The Morgan fingerprint density at radius 3 is 1.00 bits per heavy atom. The standard InChI is InChI=1S/C16H5F12N/c17-13(18,19)5-1-7-8-2-6(14(20,21)22)4-10(16(26,27)28)12(8)29-11(7)9(3-5)15(23,24)25/h1-4,29H. The second-order valence-corrected chi connectivity index (χ2v) is 6.01. The number of halogens is 12. The molecule has 1 nitrogen and oxygen atoms in total. The topological polar surface area (TPSA) is 15.8 Å². The van der Waals surface area contributed by atoms with Crippen LogP contribution in [0.1, 0.15) is 22.3 Å². The highest BCUT2D eigenvalue weighted by molar-refractivity contribution is 6.10. The molecule has 1 N–H and O–H groups in total. The van der Waals surface area contributed by atoms with Crippen LogP contribution >= 0.6 is 0 Å². The zero-order chi connectivity index (χ0) is 22.2. The molecule has 0 saturated heterocycles. The third-order valence-corrected chi connectivity index (χ3v) is 4.08. The van der Waals surface area contributed by atoms with Crippen LogP contribution in [0, 0.1) is 0 Å². The molecule has 3 rings (SSSR count). The molecule has 0 radical (unpaired) electrons. The molecule has 0 aliphatic heterocycles. The zero-order valence-electron chi connectivity index (χ0n) is 13.3. The Morgan fingerprint density at radius 1 is 0.448 bits per heavy atom. The molecule has 0 atom stereocenters. The van der Waals surface area contributed by atoms with Crippen molar-refractivity contribution in [2.45, 2.75) is 24.7 Å². The molecule has 0 saturated carbocycles. The first-order valence-corrected chi connectivity index (χ1v) is 7.33. The molecule has 1 heterocycles. The van der Waals surface area contributed by atoms with Crippen molar-refractivity contribution in [2.75, 3.05) is 0 Å². The fourth-order valence-electron chi connectivity index (χ4n) is 2.88. The van der Waals surface area contributed by atoms with Gasteiger partial charge in [0.05, 0.1) is 33.3 Å². The number of aromatic amines is 1. The van der Waals surface area contributed by atoms with Gasteiger partial charge < -0.3 is 4.98 Å². The second kappa shape index (κ2) is 5.95. The zero-order valence-corrected chi connectivity index (χ0v) is 13.3. The van der Waals surface area contributed by atoms with Crippen molar-refractivity contribution in [2.24, 2.45) is 0 Å². The summed E-state index contributed by atoms with van der Waals surface area (Å²) in [5.41, 5.74) is -10.0. The molecule has 0 bridgehead atoms. The second-order valence-electron chi connectivity index (χ2n) is 6.01. The van der Waals surface area contributed by atoms with E-state index in [1.54, 1.807) is 4.98 Å². The highest BCUT2D eigenvalue weighted by Crippen LogP contribution is 2.46. The van der Waals surface area contributed by atoms with Crippen molar-refractivity contribution in [3.8, 4) is 0 Å². The van der Waals surface area contributed by atoms with Gasteiger partial charge in [-0.1, -0.05) is 0 Å². The molecule has 0 aliphatic carbocycles. The minimum Gasteiger partial charge on any atom is -0.354 e. The number of alkyl halides is 12. The summed E-state index contributed by atoms with van der Waals surface area (Å²) in [5, 5.41) is -2.14. The number of benzene rings is 2. The summed E-state index contributed by atoms with van der Waals surface area (Å²) in [4.78, 5) is 1.71. The first kappa shape index (κ1) is 21.1. The predicted molar refractivity (Wildman–Crippen MR) is 75.8 cm³/mol. The lowest BCUT2D eigenvalue weighted by atomic mass is 10.0. The molecule has 158 valence electrons. The van der Waals surface area contributed by atoms with Gasteiger partial charge in [0.2, 0.25) is 0 Å². The van der Waals surface area contributed by atoms with Crippen LogP contribution in [0.2, 0.25) is 0 Å². The highest BCUT2D eigenvalue weighted by Gasteiger charge is 2.42. The van der Waals surface area contributed by atoms with E-state index >= 15 is 0 Å². The molecule has 0 amide bonds. The van der Waals surface area contributed by atoms with Crippen LogP contribution in [-0.4, -0.2) is 4.98 Å². The number of hydrogen-bond acceptors (Lipinski definition) is 0. The van der Waals surface area contributed by atoms with Gasteiger partial charge in [-0.15, -0.1) is 0 Å². The van der Waals surface area contributed by atoms with E-state index in [-0.39, 0.29) is 24.3 Å². The molecule has 0 fully saturated rings. The van der Waals surface area contributed by atoms with Crippen molar-refractivity contribution < 1.29 is 52.7 Å². The van der Waals surface area contributed by atoms with E-state index in [0.717, 1.165) is 0 Å². The summed E-state index contributed by atoms with van der Waals surface area (Å²) in [6, 6.07) is -0.501. The van der Waals surface area contributed by atoms with Gasteiger partial charge >= 0.3 is 24.7 Å². The van der Waals surface area contributed by atoms with Gasteiger partial charge in [-0.2, -0.15) is 52.7 Å². The van der Waals surface area contributed by atoms with Gasteiger partial charge in [0, 0.05) is 10.8 Å². The summed E-state index contributed by atoms with van der Waals surface area (Å²) in [5.74, 6) is 0. The first-order valence-electron chi connectivity index (χ1n) is 7.33. The Balaban J connectivity index is 2.58. The van der Waals surface area contributed by atoms with E-state index < -0.39 is 68.8 Å². The van der Waals surface area contributed by atoms with E-state index in [1.165, 1.54) is 0 Å². The van der Waals surface area contributed by atoms with Gasteiger partial charge in [-0.05, 0) is 24.3 Å². The van der Waals surface area contributed by atoms with Crippen molar-refractivity contribution in [1.29, 1.82) is 0 Å². The lowest BCUT2D eigenvalue weighted by Gasteiger charge is -2.13. The number of nitrogens with one attached hydrogen (secondary N) is 1. The Hall–Kier alpha value is -2.60. The van der Waals surface area contributed by atoms with Gasteiger partial charge in [-0.25, -0.2) is 0 Å². The van der Waals surface area contributed by atoms with Crippen LogP contribution in [0.4, 0.5) is 52.7 Å². The Kier molecular flexibility index (Phi) is 4.33. The van der Waals surface area contributed by atoms with Crippen LogP contribution in [0.5, 0.6) is 0 Å². The monoisotopic (exact) mass is 439 g/mol. The van der Waals surface area contributed by atoms with Crippen LogP contribution in [-0.2, 0) is 24.7 Å². The smallest absolute Gasteiger partial charge is 0.354 e. The molecule has 1 aromatic heterocycles. The maximum Gasteiger partial charge on any atom is 0.418 e. The Labute approximate surface area is 151 Å². The molecule has 3 aromatic rings. The van der Waals surface area contributed by atoms with E-state index in [9.17, 15) is 52.7 Å². The molecule has 0 unspecified atom stereocenters. The number of aromatic nitrogens is 1. The van der Waals surface area contributed by atoms with Crippen molar-refractivity contribution in [3.05, 3.63) is 46.5 Å². The minimum atomic E-state index is -5.42. The van der Waals surface area contributed by atoms with Crippen molar-refractivity contribution >= 4 is 21.8 Å². The fourth-order valence-corrected chi connectivity index (χ4v) is 2.88. The Morgan fingerprint density at radius 2 is 0.759 bits per heavy atom. The molecule has 0 aliphatic rings. The predicted octanol–water partition coefficient (Wildman–Crippen LogP) is 7.40. The van der Waals surface area contributed by atoms with Crippen LogP contribution < -0.4 is 0 Å². The van der Waals surface area contributed by atoms with E-state index in [1.807, 2.05) is 0 Å². The summed E-state index contributed by atoms with van der Waals surface area (Å²) in [7, 11) is 0. The summed E-state index contributed by atoms with van der Waals surface area (Å²) in [6.07, 6.45) is -21.5. The summed E-state index contributed by atoms with van der Waals surface area (Å²) in [6.45, 7) is 0. The van der Waals surface area contributed by atoms with Crippen molar-refractivity contribution in [1.82, 2.24) is 4.98 Å². The average molecular weight is 439 g/mol. The SMILES string of the molecule is FC(F)(F)c1cc(C(F)(F)F)c2[nH]c3c(C(F)(F)F)cc(C(F)(F)F)cc3c2c1. The maximum atomic E-state index is 13.2. The van der Waals surface area contributed by atoms with Crippen molar-refractivity contribution in [3.63, 3.8) is 0 Å². The molecule has 13 heteroatoms. The van der Waals surface area contributed by atoms with E-state index in [4.69, 9.17) is 0 Å². The molecule has 2 aromatic carbocycles. The maximum absolute atomic E-state index is 13.2. The number of rotatable bonds is 0. The largest absolute Gasteiger partial charge is 0.418 e. The highest BCUT2D eigenvalue weighted by atomic mass is 19.4. The van der Waals surface area contributed by atoms with Crippen LogP contribution in [0.25, 0.3) is 21.8 Å². The third kappa shape index (κ3) is 3.69. The van der Waals surface area contributed by atoms with Gasteiger partial charge in [0.15, 0.2) is 0 Å². The van der Waals surface area contributed by atoms with E-state index in [2.05, 4.69) is 0 Å². The minimum absolute atomic E-state index is 0.0731. The first-order chi connectivity index (χ1) is 12.9. The number of fused-ring (bicyclic) bond motifs is 3. The average Bonchev–Trinajstić information content (AvgIpc) is 2.87. The van der Waals surface area contributed by atoms with Gasteiger partial charge in [0.25, 0.3) is 0 Å². The third-order valence-electron chi connectivity index (χ3n) is 4.08. The number of H-pyrrole nitrogens is 1. The van der Waals surface area contributed by atoms with E-state index in [0.29, 0.717) is 0 Å². The number of hydrogen-bond donors (Lipinski definition) is 1. The summed E-state index contributed by atoms with van der Waals surface area (Å²) >= 11 is 0. The van der Waals surface area contributed by atoms with Crippen LogP contribution in [0.3, 0.4) is 0 Å². The lowest BCUT2D eigenvalue weighted by Crippen LogP contribution is -2.11. The quantitative estimate of drug-likeness (QED) is 0.352. The molecule has 0 spiro atoms. The normalized spacial score (nSPS) is 14.2. The molecular formula is C16H5F12N.